The van der Waals surface area contributed by atoms with Gasteiger partial charge in [-0.05, 0) is 37.1 Å². The molecule has 1 fully saturated rings. The summed E-state index contributed by atoms with van der Waals surface area (Å²) in [7, 11) is 1.46. The van der Waals surface area contributed by atoms with E-state index in [0.717, 1.165) is 25.7 Å². The van der Waals surface area contributed by atoms with Gasteiger partial charge in [-0.1, -0.05) is 24.4 Å². The first-order chi connectivity index (χ1) is 16.5. The van der Waals surface area contributed by atoms with Crippen LogP contribution < -0.4 is 15.4 Å². The summed E-state index contributed by atoms with van der Waals surface area (Å²) >= 11 is 6.02. The molecule has 0 saturated heterocycles. The van der Waals surface area contributed by atoms with Gasteiger partial charge in [0.2, 0.25) is 0 Å². The minimum atomic E-state index is -0.519. The SMILES string of the molecule is COc1cnc(-c2cc(Cl)ccc2F)nc1Nc1ccncc1C(=O)NCC1CCCC[C@H]1O. The molecule has 34 heavy (non-hydrogen) atoms. The van der Waals surface area contributed by atoms with E-state index >= 15 is 0 Å². The topological polar surface area (TPSA) is 109 Å². The first kappa shape index (κ1) is 23.8. The fraction of sp³-hybridized carbons (Fsp3) is 0.333. The monoisotopic (exact) mass is 485 g/mol. The van der Waals surface area contributed by atoms with E-state index in [-0.39, 0.29) is 29.0 Å². The van der Waals surface area contributed by atoms with Crippen LogP contribution in [-0.4, -0.2) is 45.7 Å². The Labute approximate surface area is 201 Å². The number of amides is 1. The number of carbonyl (C=O) groups is 1. The lowest BCUT2D eigenvalue weighted by atomic mass is 9.86. The number of hydrogen-bond donors (Lipinski definition) is 3. The van der Waals surface area contributed by atoms with Crippen LogP contribution >= 0.6 is 11.6 Å². The molecule has 8 nitrogen and oxygen atoms in total. The molecule has 2 aromatic heterocycles. The summed E-state index contributed by atoms with van der Waals surface area (Å²) in [6, 6.07) is 5.75. The van der Waals surface area contributed by atoms with E-state index < -0.39 is 11.9 Å². The Balaban J connectivity index is 1.58. The number of aliphatic hydroxyl groups excluding tert-OH is 1. The Kier molecular flexibility index (Phi) is 7.54. The van der Waals surface area contributed by atoms with Crippen molar-refractivity contribution < 1.29 is 19.0 Å². The number of rotatable bonds is 7. The lowest BCUT2D eigenvalue weighted by Crippen LogP contribution is -2.36. The third-order valence-corrected chi connectivity index (χ3v) is 6.09. The number of aliphatic hydroxyl groups is 1. The zero-order chi connectivity index (χ0) is 24.1. The van der Waals surface area contributed by atoms with E-state index in [0.29, 0.717) is 28.6 Å². The van der Waals surface area contributed by atoms with Crippen LogP contribution in [0.1, 0.15) is 36.0 Å². The standard InChI is InChI=1S/C24H25ClFN5O3/c1-34-21-13-28-22(16-10-15(25)6-7-18(16)26)31-23(21)30-19-8-9-27-12-17(19)24(33)29-11-14-4-2-3-5-20(14)32/h6-10,12-14,20,32H,2-5,11H2,1H3,(H,29,33)(H,27,28,30,31)/t14?,20-/m1/s1. The molecule has 1 amide bonds. The molecule has 1 saturated carbocycles. The fourth-order valence-electron chi connectivity index (χ4n) is 3.97. The highest BCUT2D eigenvalue weighted by atomic mass is 35.5. The van der Waals surface area contributed by atoms with Crippen LogP contribution in [-0.2, 0) is 0 Å². The highest BCUT2D eigenvalue weighted by Gasteiger charge is 2.24. The van der Waals surface area contributed by atoms with E-state index in [1.54, 1.807) is 6.07 Å². The Bertz CT molecular complexity index is 1180. The first-order valence-electron chi connectivity index (χ1n) is 11.0. The molecule has 3 aromatic rings. The van der Waals surface area contributed by atoms with Gasteiger partial charge in [-0.3, -0.25) is 9.78 Å². The Morgan fingerprint density at radius 1 is 1.26 bits per heavy atom. The number of benzene rings is 1. The number of ether oxygens (including phenoxy) is 1. The second-order valence-electron chi connectivity index (χ2n) is 8.10. The maximum Gasteiger partial charge on any atom is 0.254 e. The molecule has 0 bridgehead atoms. The van der Waals surface area contributed by atoms with Crippen molar-refractivity contribution in [3.05, 3.63) is 59.3 Å². The summed E-state index contributed by atoms with van der Waals surface area (Å²) < 4.78 is 19.7. The number of halogens is 2. The van der Waals surface area contributed by atoms with Gasteiger partial charge in [0.1, 0.15) is 5.82 Å². The summed E-state index contributed by atoms with van der Waals surface area (Å²) in [5.41, 5.74) is 0.868. The van der Waals surface area contributed by atoms with Crippen molar-refractivity contribution in [1.82, 2.24) is 20.3 Å². The van der Waals surface area contributed by atoms with E-state index in [9.17, 15) is 14.3 Å². The number of nitrogens with zero attached hydrogens (tertiary/aromatic N) is 3. The molecule has 0 radical (unpaired) electrons. The van der Waals surface area contributed by atoms with Crippen LogP contribution in [0.15, 0.2) is 42.9 Å². The van der Waals surface area contributed by atoms with E-state index in [2.05, 4.69) is 25.6 Å². The number of hydrogen-bond acceptors (Lipinski definition) is 7. The maximum absolute atomic E-state index is 14.4. The smallest absolute Gasteiger partial charge is 0.254 e. The number of aromatic nitrogens is 3. The van der Waals surface area contributed by atoms with Gasteiger partial charge >= 0.3 is 0 Å². The van der Waals surface area contributed by atoms with Crippen LogP contribution in [0.4, 0.5) is 15.9 Å². The largest absolute Gasteiger partial charge is 0.491 e. The number of carbonyl (C=O) groups excluding carboxylic acids is 1. The van der Waals surface area contributed by atoms with Crippen molar-refractivity contribution in [1.29, 1.82) is 0 Å². The summed E-state index contributed by atoms with van der Waals surface area (Å²) in [6.07, 6.45) is 7.66. The second-order valence-corrected chi connectivity index (χ2v) is 8.54. The second kappa shape index (κ2) is 10.8. The van der Waals surface area contributed by atoms with Crippen molar-refractivity contribution >= 4 is 29.0 Å². The molecule has 2 heterocycles. The molecule has 1 unspecified atom stereocenters. The average molecular weight is 486 g/mol. The van der Waals surface area contributed by atoms with Gasteiger partial charge in [-0.2, -0.15) is 0 Å². The quantitative estimate of drug-likeness (QED) is 0.456. The first-order valence-corrected chi connectivity index (χ1v) is 11.4. The number of nitrogens with one attached hydrogen (secondary N) is 2. The molecule has 1 aliphatic rings. The zero-order valence-electron chi connectivity index (χ0n) is 18.6. The number of pyridine rings is 1. The lowest BCUT2D eigenvalue weighted by Gasteiger charge is -2.27. The van der Waals surface area contributed by atoms with Crippen molar-refractivity contribution in [3.63, 3.8) is 0 Å². The molecule has 0 spiro atoms. The lowest BCUT2D eigenvalue weighted by molar-refractivity contribution is 0.0663. The van der Waals surface area contributed by atoms with Gasteiger partial charge in [0.15, 0.2) is 17.4 Å². The normalized spacial score (nSPS) is 17.8. The molecule has 3 N–H and O–H groups in total. The summed E-state index contributed by atoms with van der Waals surface area (Å²) in [5.74, 6) is -0.163. The van der Waals surface area contributed by atoms with E-state index in [1.807, 2.05) is 0 Å². The fourth-order valence-corrected chi connectivity index (χ4v) is 4.14. The van der Waals surface area contributed by atoms with Crippen LogP contribution in [0.2, 0.25) is 5.02 Å². The Morgan fingerprint density at radius 2 is 2.09 bits per heavy atom. The van der Waals surface area contributed by atoms with E-state index in [1.165, 1.54) is 43.9 Å². The Morgan fingerprint density at radius 3 is 2.88 bits per heavy atom. The van der Waals surface area contributed by atoms with Gasteiger partial charge in [-0.15, -0.1) is 0 Å². The molecule has 1 aromatic carbocycles. The summed E-state index contributed by atoms with van der Waals surface area (Å²) in [5, 5.41) is 16.5. The van der Waals surface area contributed by atoms with Crippen LogP contribution in [0.25, 0.3) is 11.4 Å². The molecular formula is C24H25ClFN5O3. The average Bonchev–Trinajstić information content (AvgIpc) is 2.85. The minimum Gasteiger partial charge on any atom is -0.491 e. The molecule has 178 valence electrons. The zero-order valence-corrected chi connectivity index (χ0v) is 19.3. The predicted octanol–water partition coefficient (Wildman–Crippen LogP) is 4.36. The van der Waals surface area contributed by atoms with Gasteiger partial charge in [0, 0.05) is 29.9 Å². The van der Waals surface area contributed by atoms with Gasteiger partial charge in [0.05, 0.1) is 36.2 Å². The highest BCUT2D eigenvalue weighted by Crippen LogP contribution is 2.31. The summed E-state index contributed by atoms with van der Waals surface area (Å²) in [6.45, 7) is 0.378. The molecule has 4 rings (SSSR count). The molecule has 2 atom stereocenters. The summed E-state index contributed by atoms with van der Waals surface area (Å²) in [4.78, 5) is 25.6. The highest BCUT2D eigenvalue weighted by molar-refractivity contribution is 6.30. The number of methoxy groups -OCH3 is 1. The molecule has 1 aliphatic carbocycles. The third-order valence-electron chi connectivity index (χ3n) is 5.86. The predicted molar refractivity (Wildman–Crippen MR) is 127 cm³/mol. The van der Waals surface area contributed by atoms with Gasteiger partial charge < -0.3 is 20.5 Å². The number of anilines is 2. The van der Waals surface area contributed by atoms with Gasteiger partial charge in [-0.25, -0.2) is 14.4 Å². The van der Waals surface area contributed by atoms with Crippen molar-refractivity contribution in [2.45, 2.75) is 31.8 Å². The van der Waals surface area contributed by atoms with Crippen molar-refractivity contribution in [3.8, 4) is 17.1 Å². The van der Waals surface area contributed by atoms with Crippen LogP contribution in [0, 0.1) is 11.7 Å². The van der Waals surface area contributed by atoms with Crippen molar-refractivity contribution in [2.24, 2.45) is 5.92 Å². The van der Waals surface area contributed by atoms with Crippen molar-refractivity contribution in [2.75, 3.05) is 19.0 Å². The van der Waals surface area contributed by atoms with Crippen LogP contribution in [0.3, 0.4) is 0 Å². The van der Waals surface area contributed by atoms with Crippen LogP contribution in [0.5, 0.6) is 5.75 Å². The molecule has 10 heteroatoms. The molecular weight excluding hydrogens is 461 g/mol. The van der Waals surface area contributed by atoms with Gasteiger partial charge in [0.25, 0.3) is 5.91 Å². The maximum atomic E-state index is 14.4. The Hall–Kier alpha value is -3.30. The third kappa shape index (κ3) is 5.43. The molecule has 0 aliphatic heterocycles. The van der Waals surface area contributed by atoms with E-state index in [4.69, 9.17) is 16.3 Å². The minimum absolute atomic E-state index is 0.0305.